The highest BCUT2D eigenvalue weighted by Crippen LogP contribution is 2.32. The molecule has 0 aromatic heterocycles. The Morgan fingerprint density at radius 2 is 1.95 bits per heavy atom. The highest BCUT2D eigenvalue weighted by atomic mass is 35.5. The van der Waals surface area contributed by atoms with Gasteiger partial charge in [0.1, 0.15) is 11.5 Å². The molecule has 1 unspecified atom stereocenters. The third-order valence-electron chi connectivity index (χ3n) is 3.14. The van der Waals surface area contributed by atoms with E-state index in [1.807, 2.05) is 25.2 Å². The molecule has 0 aliphatic rings. The zero-order valence-electron chi connectivity index (χ0n) is 11.5. The van der Waals surface area contributed by atoms with Crippen LogP contribution in [0.25, 0.3) is 0 Å². The topological polar surface area (TPSA) is 21.3 Å². The smallest absolute Gasteiger partial charge is 0.146 e. The molecule has 20 heavy (non-hydrogen) atoms. The summed E-state index contributed by atoms with van der Waals surface area (Å²) in [5.74, 6) is 1.37. The van der Waals surface area contributed by atoms with Gasteiger partial charge in [-0.15, -0.1) is 0 Å². The number of hydrogen-bond donors (Lipinski definition) is 1. The molecular weight excluding hydrogens is 293 g/mol. The standard InChI is InChI=1S/C16H17Cl2NO/c1-3-15(19-2)11-5-4-6-13(9-11)20-16-8-7-12(17)10-14(16)18/h4-10,15,19H,3H2,1-2H3. The van der Waals surface area contributed by atoms with Crippen molar-refractivity contribution in [2.75, 3.05) is 7.05 Å². The summed E-state index contributed by atoms with van der Waals surface area (Å²) in [5.41, 5.74) is 1.19. The molecule has 0 spiro atoms. The summed E-state index contributed by atoms with van der Waals surface area (Å²) < 4.78 is 5.83. The van der Waals surface area contributed by atoms with Gasteiger partial charge in [0.05, 0.1) is 5.02 Å². The molecule has 2 aromatic carbocycles. The van der Waals surface area contributed by atoms with E-state index in [9.17, 15) is 0 Å². The van der Waals surface area contributed by atoms with E-state index in [2.05, 4.69) is 18.3 Å². The minimum atomic E-state index is 0.319. The largest absolute Gasteiger partial charge is 0.456 e. The second-order valence-corrected chi connectivity index (χ2v) is 5.34. The Labute approximate surface area is 129 Å². The fourth-order valence-corrected chi connectivity index (χ4v) is 2.53. The van der Waals surface area contributed by atoms with Crippen molar-refractivity contribution in [2.45, 2.75) is 19.4 Å². The minimum absolute atomic E-state index is 0.319. The molecule has 0 fully saturated rings. The Kier molecular flexibility index (Phi) is 5.30. The van der Waals surface area contributed by atoms with Crippen molar-refractivity contribution in [3.8, 4) is 11.5 Å². The number of benzene rings is 2. The lowest BCUT2D eigenvalue weighted by Crippen LogP contribution is -2.14. The molecule has 0 saturated carbocycles. The number of halogens is 2. The summed E-state index contributed by atoms with van der Waals surface area (Å²) in [6, 6.07) is 13.5. The van der Waals surface area contributed by atoms with Crippen LogP contribution >= 0.6 is 23.2 Å². The third-order valence-corrected chi connectivity index (χ3v) is 3.67. The van der Waals surface area contributed by atoms with Gasteiger partial charge in [-0.25, -0.2) is 0 Å². The van der Waals surface area contributed by atoms with Crippen molar-refractivity contribution in [3.05, 3.63) is 58.1 Å². The van der Waals surface area contributed by atoms with Gasteiger partial charge in [-0.3, -0.25) is 0 Å². The first-order chi connectivity index (χ1) is 9.63. The molecule has 1 atom stereocenters. The fourth-order valence-electron chi connectivity index (χ4n) is 2.09. The Morgan fingerprint density at radius 1 is 1.15 bits per heavy atom. The van der Waals surface area contributed by atoms with E-state index >= 15 is 0 Å². The molecule has 0 radical (unpaired) electrons. The fraction of sp³-hybridized carbons (Fsp3) is 0.250. The summed E-state index contributed by atoms with van der Waals surface area (Å²) in [7, 11) is 1.96. The van der Waals surface area contributed by atoms with Crippen LogP contribution in [0.1, 0.15) is 24.9 Å². The summed E-state index contributed by atoms with van der Waals surface area (Å²) in [6.07, 6.45) is 1.02. The molecule has 0 aliphatic carbocycles. The number of nitrogens with one attached hydrogen (secondary N) is 1. The number of ether oxygens (including phenoxy) is 1. The number of hydrogen-bond acceptors (Lipinski definition) is 2. The van der Waals surface area contributed by atoms with Crippen LogP contribution in [-0.4, -0.2) is 7.05 Å². The molecule has 0 heterocycles. The van der Waals surface area contributed by atoms with Gasteiger partial charge in [-0.1, -0.05) is 42.3 Å². The van der Waals surface area contributed by atoms with Crippen molar-refractivity contribution in [1.82, 2.24) is 5.32 Å². The highest BCUT2D eigenvalue weighted by molar-refractivity contribution is 6.35. The maximum Gasteiger partial charge on any atom is 0.146 e. The molecule has 4 heteroatoms. The Balaban J connectivity index is 2.23. The monoisotopic (exact) mass is 309 g/mol. The van der Waals surface area contributed by atoms with Crippen LogP contribution in [0.3, 0.4) is 0 Å². The maximum absolute atomic E-state index is 6.11. The predicted octanol–water partition coefficient (Wildman–Crippen LogP) is 5.46. The second kappa shape index (κ2) is 6.98. The van der Waals surface area contributed by atoms with Crippen LogP contribution in [0.5, 0.6) is 11.5 Å². The summed E-state index contributed by atoms with van der Waals surface area (Å²) in [6.45, 7) is 2.14. The molecule has 2 rings (SSSR count). The summed E-state index contributed by atoms with van der Waals surface area (Å²) in [5, 5.41) is 4.38. The van der Waals surface area contributed by atoms with Gasteiger partial charge in [0.15, 0.2) is 0 Å². The van der Waals surface area contributed by atoms with Crippen LogP contribution in [0.2, 0.25) is 10.0 Å². The average Bonchev–Trinajstić information content (AvgIpc) is 2.44. The van der Waals surface area contributed by atoms with Crippen LogP contribution < -0.4 is 10.1 Å². The number of rotatable bonds is 5. The van der Waals surface area contributed by atoms with Gasteiger partial charge in [-0.05, 0) is 49.4 Å². The lowest BCUT2D eigenvalue weighted by atomic mass is 10.0. The molecular formula is C16H17Cl2NO. The van der Waals surface area contributed by atoms with E-state index in [1.54, 1.807) is 18.2 Å². The Hall–Kier alpha value is -1.22. The Morgan fingerprint density at radius 3 is 2.60 bits per heavy atom. The van der Waals surface area contributed by atoms with E-state index in [1.165, 1.54) is 5.56 Å². The van der Waals surface area contributed by atoms with Crippen molar-refractivity contribution < 1.29 is 4.74 Å². The first kappa shape index (κ1) is 15.2. The van der Waals surface area contributed by atoms with Gasteiger partial charge >= 0.3 is 0 Å². The Bertz CT molecular complexity index is 582. The third kappa shape index (κ3) is 3.66. The van der Waals surface area contributed by atoms with Crippen molar-refractivity contribution in [1.29, 1.82) is 0 Å². The normalized spacial score (nSPS) is 12.2. The molecule has 0 aliphatic heterocycles. The van der Waals surface area contributed by atoms with Crippen LogP contribution in [-0.2, 0) is 0 Å². The summed E-state index contributed by atoms with van der Waals surface area (Å²) >= 11 is 12.0. The lowest BCUT2D eigenvalue weighted by Gasteiger charge is -2.15. The zero-order valence-corrected chi connectivity index (χ0v) is 13.0. The van der Waals surface area contributed by atoms with Crippen LogP contribution in [0, 0.1) is 0 Å². The van der Waals surface area contributed by atoms with Crippen LogP contribution in [0.15, 0.2) is 42.5 Å². The molecule has 0 amide bonds. The van der Waals surface area contributed by atoms with Gasteiger partial charge < -0.3 is 10.1 Å². The van der Waals surface area contributed by atoms with E-state index in [4.69, 9.17) is 27.9 Å². The summed E-state index contributed by atoms with van der Waals surface area (Å²) in [4.78, 5) is 0. The van der Waals surface area contributed by atoms with Gasteiger partial charge in [0, 0.05) is 11.1 Å². The van der Waals surface area contributed by atoms with Crippen molar-refractivity contribution >= 4 is 23.2 Å². The van der Waals surface area contributed by atoms with E-state index in [-0.39, 0.29) is 0 Å². The quantitative estimate of drug-likeness (QED) is 0.792. The lowest BCUT2D eigenvalue weighted by molar-refractivity contribution is 0.479. The van der Waals surface area contributed by atoms with Gasteiger partial charge in [-0.2, -0.15) is 0 Å². The molecule has 0 saturated heterocycles. The SMILES string of the molecule is CCC(NC)c1cccc(Oc2ccc(Cl)cc2Cl)c1. The maximum atomic E-state index is 6.11. The van der Waals surface area contributed by atoms with Crippen molar-refractivity contribution in [2.24, 2.45) is 0 Å². The average molecular weight is 310 g/mol. The molecule has 0 bridgehead atoms. The predicted molar refractivity (Wildman–Crippen MR) is 85.1 cm³/mol. The molecule has 2 nitrogen and oxygen atoms in total. The first-order valence-electron chi connectivity index (χ1n) is 6.54. The molecule has 1 N–H and O–H groups in total. The highest BCUT2D eigenvalue weighted by Gasteiger charge is 2.09. The first-order valence-corrected chi connectivity index (χ1v) is 7.29. The van der Waals surface area contributed by atoms with E-state index in [0.717, 1.165) is 12.2 Å². The van der Waals surface area contributed by atoms with Crippen molar-refractivity contribution in [3.63, 3.8) is 0 Å². The molecule has 2 aromatic rings. The zero-order chi connectivity index (χ0) is 14.5. The van der Waals surface area contributed by atoms with Gasteiger partial charge in [0.25, 0.3) is 0 Å². The van der Waals surface area contributed by atoms with E-state index < -0.39 is 0 Å². The van der Waals surface area contributed by atoms with Gasteiger partial charge in [0.2, 0.25) is 0 Å². The van der Waals surface area contributed by atoms with E-state index in [0.29, 0.717) is 21.8 Å². The van der Waals surface area contributed by atoms with Crippen LogP contribution in [0.4, 0.5) is 0 Å². The second-order valence-electron chi connectivity index (χ2n) is 4.50. The minimum Gasteiger partial charge on any atom is -0.456 e. The molecule has 106 valence electrons.